The lowest BCUT2D eigenvalue weighted by atomic mass is 10.00. The molecule has 2 aromatic heterocycles. The molecule has 0 aliphatic heterocycles. The number of ether oxygens (including phenoxy) is 2. The number of aryl methyl sites for hydroxylation is 1. The van der Waals surface area contributed by atoms with Gasteiger partial charge in [0.05, 0.1) is 26.0 Å². The van der Waals surface area contributed by atoms with Gasteiger partial charge in [-0.1, -0.05) is 0 Å². The van der Waals surface area contributed by atoms with Crippen molar-refractivity contribution in [3.63, 3.8) is 0 Å². The minimum Gasteiger partial charge on any atom is -0.494 e. The molecule has 0 atom stereocenters. The minimum atomic E-state index is -0.510. The van der Waals surface area contributed by atoms with Gasteiger partial charge >= 0.3 is 5.97 Å². The van der Waals surface area contributed by atoms with E-state index in [4.69, 9.17) is 9.47 Å². The van der Waals surface area contributed by atoms with E-state index in [2.05, 4.69) is 9.97 Å². The molecule has 0 N–H and O–H groups in total. The SMILES string of the molecule is COC(=O)c1cnc(C)cc1-c1cc(C=O)ncc1OC. The van der Waals surface area contributed by atoms with Crippen LogP contribution in [-0.2, 0) is 4.74 Å². The molecule has 0 aliphatic rings. The molecular weight excluding hydrogens is 272 g/mol. The number of carbonyl (C=O) groups excluding carboxylic acids is 2. The van der Waals surface area contributed by atoms with E-state index in [9.17, 15) is 9.59 Å². The fourth-order valence-corrected chi connectivity index (χ4v) is 1.95. The molecule has 0 amide bonds. The second-order valence-electron chi connectivity index (χ2n) is 4.29. The van der Waals surface area contributed by atoms with E-state index in [1.807, 2.05) is 0 Å². The van der Waals surface area contributed by atoms with Gasteiger partial charge in [-0.25, -0.2) is 9.78 Å². The van der Waals surface area contributed by atoms with Gasteiger partial charge in [0.15, 0.2) is 6.29 Å². The Morgan fingerprint density at radius 1 is 1.14 bits per heavy atom. The minimum absolute atomic E-state index is 0.246. The second-order valence-corrected chi connectivity index (χ2v) is 4.29. The number of rotatable bonds is 4. The fourth-order valence-electron chi connectivity index (χ4n) is 1.95. The van der Waals surface area contributed by atoms with Crippen LogP contribution in [0, 0.1) is 6.92 Å². The first-order valence-corrected chi connectivity index (χ1v) is 6.15. The van der Waals surface area contributed by atoms with Gasteiger partial charge in [0.1, 0.15) is 11.4 Å². The van der Waals surface area contributed by atoms with Crippen molar-refractivity contribution in [1.29, 1.82) is 0 Å². The van der Waals surface area contributed by atoms with Crippen LogP contribution >= 0.6 is 0 Å². The second kappa shape index (κ2) is 6.13. The summed E-state index contributed by atoms with van der Waals surface area (Å²) in [5, 5.41) is 0. The Morgan fingerprint density at radius 2 is 1.90 bits per heavy atom. The first-order valence-electron chi connectivity index (χ1n) is 6.15. The summed E-state index contributed by atoms with van der Waals surface area (Å²) in [4.78, 5) is 30.9. The van der Waals surface area contributed by atoms with Crippen molar-refractivity contribution in [3.8, 4) is 16.9 Å². The van der Waals surface area contributed by atoms with Crippen molar-refractivity contribution in [2.75, 3.05) is 14.2 Å². The highest BCUT2D eigenvalue weighted by atomic mass is 16.5. The lowest BCUT2D eigenvalue weighted by Crippen LogP contribution is -2.06. The molecule has 2 heterocycles. The smallest absolute Gasteiger partial charge is 0.340 e. The van der Waals surface area contributed by atoms with Crippen LogP contribution in [0.3, 0.4) is 0 Å². The van der Waals surface area contributed by atoms with E-state index >= 15 is 0 Å². The number of pyridine rings is 2. The molecule has 0 unspecified atom stereocenters. The van der Waals surface area contributed by atoms with Crippen molar-refractivity contribution >= 4 is 12.3 Å². The molecule has 0 aromatic carbocycles. The first kappa shape index (κ1) is 14.6. The summed E-state index contributed by atoms with van der Waals surface area (Å²) < 4.78 is 10.0. The van der Waals surface area contributed by atoms with Crippen molar-refractivity contribution in [2.45, 2.75) is 6.92 Å². The summed E-state index contributed by atoms with van der Waals surface area (Å²) >= 11 is 0. The van der Waals surface area contributed by atoms with Gasteiger partial charge in [-0.05, 0) is 19.1 Å². The van der Waals surface area contributed by atoms with Gasteiger partial charge in [-0.2, -0.15) is 0 Å². The summed E-state index contributed by atoms with van der Waals surface area (Å²) in [5.74, 6) is -0.0552. The third-order valence-corrected chi connectivity index (χ3v) is 2.97. The van der Waals surface area contributed by atoms with Crippen LogP contribution in [0.2, 0.25) is 0 Å². The molecule has 0 radical (unpaired) electrons. The summed E-state index contributed by atoms with van der Waals surface area (Å²) in [6.45, 7) is 1.80. The van der Waals surface area contributed by atoms with Crippen LogP contribution < -0.4 is 4.74 Å². The Labute approximate surface area is 121 Å². The highest BCUT2D eigenvalue weighted by Crippen LogP contribution is 2.32. The number of esters is 1. The standard InChI is InChI=1S/C15H14N2O4/c1-9-4-11(13(6-16-9)15(19)21-3)12-5-10(8-18)17-7-14(12)20-2/h4-8H,1-3H3. The van der Waals surface area contributed by atoms with Gasteiger partial charge in [0.25, 0.3) is 0 Å². The Hall–Kier alpha value is -2.76. The van der Waals surface area contributed by atoms with Gasteiger partial charge in [-0.3, -0.25) is 9.78 Å². The number of hydrogen-bond acceptors (Lipinski definition) is 6. The predicted molar refractivity (Wildman–Crippen MR) is 75.5 cm³/mol. The van der Waals surface area contributed by atoms with Gasteiger partial charge in [0, 0.05) is 23.0 Å². The maximum atomic E-state index is 11.9. The van der Waals surface area contributed by atoms with Gasteiger partial charge in [-0.15, -0.1) is 0 Å². The molecule has 0 saturated heterocycles. The largest absolute Gasteiger partial charge is 0.494 e. The average molecular weight is 286 g/mol. The summed E-state index contributed by atoms with van der Waals surface area (Å²) in [5.41, 5.74) is 2.43. The first-order chi connectivity index (χ1) is 10.1. The van der Waals surface area contributed by atoms with E-state index in [1.165, 1.54) is 26.6 Å². The molecule has 21 heavy (non-hydrogen) atoms. The number of aldehydes is 1. The zero-order valence-corrected chi connectivity index (χ0v) is 11.9. The van der Waals surface area contributed by atoms with Crippen molar-refractivity contribution in [1.82, 2.24) is 9.97 Å². The van der Waals surface area contributed by atoms with E-state index in [1.54, 1.807) is 19.1 Å². The maximum Gasteiger partial charge on any atom is 0.340 e. The number of carbonyl (C=O) groups is 2. The molecule has 0 aliphatic carbocycles. The molecule has 0 spiro atoms. The number of methoxy groups -OCH3 is 2. The third-order valence-electron chi connectivity index (χ3n) is 2.97. The molecular formula is C15H14N2O4. The number of aromatic nitrogens is 2. The monoisotopic (exact) mass is 286 g/mol. The van der Waals surface area contributed by atoms with Gasteiger partial charge < -0.3 is 9.47 Å². The fraction of sp³-hybridized carbons (Fsp3) is 0.200. The lowest BCUT2D eigenvalue weighted by molar-refractivity contribution is 0.0601. The highest BCUT2D eigenvalue weighted by Gasteiger charge is 2.18. The van der Waals surface area contributed by atoms with E-state index in [0.29, 0.717) is 28.7 Å². The van der Waals surface area contributed by atoms with Gasteiger partial charge in [0.2, 0.25) is 0 Å². The normalized spacial score (nSPS) is 10.0. The highest BCUT2D eigenvalue weighted by molar-refractivity contribution is 5.98. The van der Waals surface area contributed by atoms with E-state index in [-0.39, 0.29) is 5.69 Å². The molecule has 6 heteroatoms. The summed E-state index contributed by atoms with van der Waals surface area (Å²) in [6.07, 6.45) is 3.52. The van der Waals surface area contributed by atoms with Crippen molar-refractivity contribution < 1.29 is 19.1 Å². The van der Waals surface area contributed by atoms with E-state index < -0.39 is 5.97 Å². The summed E-state index contributed by atoms with van der Waals surface area (Å²) in [7, 11) is 2.79. The van der Waals surface area contributed by atoms with Crippen LogP contribution in [0.1, 0.15) is 26.5 Å². The quantitative estimate of drug-likeness (QED) is 0.632. The molecule has 0 bridgehead atoms. The third kappa shape index (κ3) is 2.89. The predicted octanol–water partition coefficient (Wildman–Crippen LogP) is 2.06. The molecule has 2 aromatic rings. The summed E-state index contributed by atoms with van der Waals surface area (Å²) in [6, 6.07) is 3.30. The number of nitrogens with zero attached hydrogens (tertiary/aromatic N) is 2. The average Bonchev–Trinajstić information content (AvgIpc) is 2.53. The van der Waals surface area contributed by atoms with Crippen LogP contribution in [0.15, 0.2) is 24.5 Å². The zero-order valence-electron chi connectivity index (χ0n) is 11.9. The maximum absolute atomic E-state index is 11.9. The van der Waals surface area contributed by atoms with E-state index in [0.717, 1.165) is 5.69 Å². The Morgan fingerprint density at radius 3 is 2.52 bits per heavy atom. The lowest BCUT2D eigenvalue weighted by Gasteiger charge is -2.12. The van der Waals surface area contributed by atoms with Crippen LogP contribution in [0.4, 0.5) is 0 Å². The molecule has 0 fully saturated rings. The molecule has 108 valence electrons. The zero-order chi connectivity index (χ0) is 15.4. The Balaban J connectivity index is 2.73. The topological polar surface area (TPSA) is 78.4 Å². The van der Waals surface area contributed by atoms with Crippen LogP contribution in [-0.4, -0.2) is 36.4 Å². The molecule has 6 nitrogen and oxygen atoms in total. The van der Waals surface area contributed by atoms with Crippen molar-refractivity contribution in [3.05, 3.63) is 41.5 Å². The molecule has 0 saturated carbocycles. The van der Waals surface area contributed by atoms with Crippen LogP contribution in [0.5, 0.6) is 5.75 Å². The van der Waals surface area contributed by atoms with Crippen molar-refractivity contribution in [2.24, 2.45) is 0 Å². The molecule has 2 rings (SSSR count). The Kier molecular flexibility index (Phi) is 4.27. The Bertz CT molecular complexity index is 698. The van der Waals surface area contributed by atoms with Crippen LogP contribution in [0.25, 0.3) is 11.1 Å². The number of hydrogen-bond donors (Lipinski definition) is 0.